The van der Waals surface area contributed by atoms with E-state index in [1.807, 2.05) is 18.2 Å². The minimum Gasteiger partial charge on any atom is -0.392 e. The molecule has 2 N–H and O–H groups in total. The monoisotopic (exact) mass is 333 g/mol. The summed E-state index contributed by atoms with van der Waals surface area (Å²) in [5.41, 5.74) is 9.32. The average Bonchev–Trinajstić information content (AvgIpc) is 2.60. The van der Waals surface area contributed by atoms with Gasteiger partial charge in [0.15, 0.2) is 0 Å². The van der Waals surface area contributed by atoms with Crippen LogP contribution < -0.4 is 0 Å². The minimum atomic E-state index is -0.0574. The second kappa shape index (κ2) is 7.18. The summed E-state index contributed by atoms with van der Waals surface area (Å²) in [6.07, 6.45) is 1.68. The van der Waals surface area contributed by atoms with Gasteiger partial charge in [-0.15, -0.1) is 0 Å². The molecule has 1 heterocycles. The fraction of sp³-hybridized carbons (Fsp3) is 0.227. The van der Waals surface area contributed by atoms with Crippen LogP contribution in [-0.2, 0) is 13.2 Å². The zero-order valence-corrected chi connectivity index (χ0v) is 14.9. The Morgan fingerprint density at radius 1 is 0.840 bits per heavy atom. The van der Waals surface area contributed by atoms with Gasteiger partial charge in [0.05, 0.1) is 18.9 Å². The Kier molecular flexibility index (Phi) is 4.98. The third-order valence-electron chi connectivity index (χ3n) is 4.52. The van der Waals surface area contributed by atoms with E-state index < -0.39 is 0 Å². The van der Waals surface area contributed by atoms with Crippen molar-refractivity contribution in [3.8, 4) is 22.4 Å². The first-order valence-electron chi connectivity index (χ1n) is 8.41. The number of hydrogen-bond acceptors (Lipinski definition) is 3. The smallest absolute Gasteiger partial charge is 0.0709 e. The molecule has 3 rings (SSSR count). The highest BCUT2D eigenvalue weighted by atomic mass is 16.3. The van der Waals surface area contributed by atoms with Crippen molar-refractivity contribution < 1.29 is 10.2 Å². The lowest BCUT2D eigenvalue weighted by atomic mass is 9.91. The lowest BCUT2D eigenvalue weighted by molar-refractivity contribution is 0.281. The van der Waals surface area contributed by atoms with Crippen LogP contribution in [0.4, 0.5) is 0 Å². The van der Waals surface area contributed by atoms with E-state index in [2.05, 4.69) is 44.0 Å². The maximum atomic E-state index is 9.88. The number of benzene rings is 2. The average molecular weight is 333 g/mol. The molecule has 128 valence electrons. The standard InChI is InChI=1S/C22H23NO2/c1-14-8-15(2)22(16(3)9-14)18-4-5-20(19(11-18)13-25)21-10-17(12-24)6-7-23-21/h4-11,24-25H,12-13H2,1-3H3. The van der Waals surface area contributed by atoms with Gasteiger partial charge in [0, 0.05) is 11.8 Å². The van der Waals surface area contributed by atoms with E-state index in [9.17, 15) is 10.2 Å². The quantitative estimate of drug-likeness (QED) is 0.747. The van der Waals surface area contributed by atoms with Gasteiger partial charge >= 0.3 is 0 Å². The van der Waals surface area contributed by atoms with Gasteiger partial charge in [-0.3, -0.25) is 4.98 Å². The first-order valence-corrected chi connectivity index (χ1v) is 8.41. The van der Waals surface area contributed by atoms with E-state index in [1.165, 1.54) is 22.3 Å². The number of aromatic nitrogens is 1. The molecule has 3 heteroatoms. The van der Waals surface area contributed by atoms with Crippen LogP contribution in [0.5, 0.6) is 0 Å². The van der Waals surface area contributed by atoms with E-state index in [0.717, 1.165) is 27.9 Å². The lowest BCUT2D eigenvalue weighted by Gasteiger charge is -2.15. The number of aryl methyl sites for hydroxylation is 3. The summed E-state index contributed by atoms with van der Waals surface area (Å²) in [6, 6.07) is 14.1. The second-order valence-electron chi connectivity index (χ2n) is 6.51. The molecule has 0 aliphatic rings. The number of hydrogen-bond donors (Lipinski definition) is 2. The van der Waals surface area contributed by atoms with Crippen molar-refractivity contribution in [3.63, 3.8) is 0 Å². The molecule has 2 aromatic carbocycles. The maximum Gasteiger partial charge on any atom is 0.0709 e. The zero-order chi connectivity index (χ0) is 18.0. The normalized spacial score (nSPS) is 10.9. The second-order valence-corrected chi connectivity index (χ2v) is 6.51. The zero-order valence-electron chi connectivity index (χ0n) is 14.9. The van der Waals surface area contributed by atoms with Gasteiger partial charge in [-0.05, 0) is 72.4 Å². The first kappa shape index (κ1) is 17.3. The van der Waals surface area contributed by atoms with Crippen LogP contribution in [0.3, 0.4) is 0 Å². The summed E-state index contributed by atoms with van der Waals surface area (Å²) in [5, 5.41) is 19.2. The predicted octanol–water partition coefficient (Wildman–Crippen LogP) is 4.33. The van der Waals surface area contributed by atoms with Gasteiger partial charge in [-0.25, -0.2) is 0 Å². The molecule has 0 radical (unpaired) electrons. The molecule has 1 aromatic heterocycles. The van der Waals surface area contributed by atoms with E-state index in [0.29, 0.717) is 0 Å². The molecular weight excluding hydrogens is 310 g/mol. The highest BCUT2D eigenvalue weighted by molar-refractivity contribution is 5.76. The molecule has 0 unspecified atom stereocenters. The van der Waals surface area contributed by atoms with E-state index >= 15 is 0 Å². The summed E-state index contributed by atoms with van der Waals surface area (Å²) in [7, 11) is 0. The molecule has 0 aliphatic heterocycles. The topological polar surface area (TPSA) is 53.4 Å². The Balaban J connectivity index is 2.12. The molecule has 0 fully saturated rings. The van der Waals surface area contributed by atoms with Crippen LogP contribution in [0, 0.1) is 20.8 Å². The predicted molar refractivity (Wildman–Crippen MR) is 101 cm³/mol. The molecule has 25 heavy (non-hydrogen) atoms. The number of rotatable bonds is 4. The van der Waals surface area contributed by atoms with Crippen LogP contribution in [0.2, 0.25) is 0 Å². The molecule has 0 saturated heterocycles. The molecule has 0 bridgehead atoms. The van der Waals surface area contributed by atoms with Crippen LogP contribution in [0.15, 0.2) is 48.7 Å². The van der Waals surface area contributed by atoms with E-state index in [1.54, 1.807) is 12.3 Å². The maximum absolute atomic E-state index is 9.88. The van der Waals surface area contributed by atoms with Gasteiger partial charge in [-0.2, -0.15) is 0 Å². The summed E-state index contributed by atoms with van der Waals surface area (Å²) >= 11 is 0. The summed E-state index contributed by atoms with van der Waals surface area (Å²) < 4.78 is 0. The Morgan fingerprint density at radius 2 is 1.56 bits per heavy atom. The van der Waals surface area contributed by atoms with Crippen LogP contribution in [-0.4, -0.2) is 15.2 Å². The number of aliphatic hydroxyl groups excluding tert-OH is 2. The van der Waals surface area contributed by atoms with Gasteiger partial charge in [-0.1, -0.05) is 29.8 Å². The van der Waals surface area contributed by atoms with Gasteiger partial charge < -0.3 is 10.2 Å². The van der Waals surface area contributed by atoms with Crippen molar-refractivity contribution >= 4 is 0 Å². The van der Waals surface area contributed by atoms with Gasteiger partial charge in [0.1, 0.15) is 0 Å². The Labute approximate surface area is 148 Å². The van der Waals surface area contributed by atoms with Crippen LogP contribution in [0.25, 0.3) is 22.4 Å². The fourth-order valence-corrected chi connectivity index (χ4v) is 3.49. The number of nitrogens with zero attached hydrogens (tertiary/aromatic N) is 1. The highest BCUT2D eigenvalue weighted by Gasteiger charge is 2.12. The lowest BCUT2D eigenvalue weighted by Crippen LogP contribution is -1.96. The molecule has 0 amide bonds. The molecule has 0 saturated carbocycles. The fourth-order valence-electron chi connectivity index (χ4n) is 3.49. The van der Waals surface area contributed by atoms with Crippen molar-refractivity contribution in [2.24, 2.45) is 0 Å². The van der Waals surface area contributed by atoms with Crippen LogP contribution in [0.1, 0.15) is 27.8 Å². The third-order valence-corrected chi connectivity index (χ3v) is 4.52. The van der Waals surface area contributed by atoms with Crippen molar-refractivity contribution in [2.75, 3.05) is 0 Å². The molecule has 0 aliphatic carbocycles. The highest BCUT2D eigenvalue weighted by Crippen LogP contribution is 2.32. The summed E-state index contributed by atoms with van der Waals surface area (Å²) in [6.45, 7) is 6.26. The molecule has 3 aromatic rings. The molecular formula is C22H23NO2. The summed E-state index contributed by atoms with van der Waals surface area (Å²) in [5.74, 6) is 0. The first-order chi connectivity index (χ1) is 12.0. The summed E-state index contributed by atoms with van der Waals surface area (Å²) in [4.78, 5) is 4.39. The Bertz CT molecular complexity index is 893. The van der Waals surface area contributed by atoms with Crippen LogP contribution >= 0.6 is 0 Å². The number of aliphatic hydroxyl groups is 2. The minimum absolute atomic E-state index is 0.0240. The molecule has 3 nitrogen and oxygen atoms in total. The number of pyridine rings is 1. The van der Waals surface area contributed by atoms with E-state index in [4.69, 9.17) is 0 Å². The third kappa shape index (κ3) is 3.48. The van der Waals surface area contributed by atoms with Crippen molar-refractivity contribution in [1.29, 1.82) is 0 Å². The molecule has 0 atom stereocenters. The van der Waals surface area contributed by atoms with Crippen molar-refractivity contribution in [1.82, 2.24) is 4.98 Å². The SMILES string of the molecule is Cc1cc(C)c(-c2ccc(-c3cc(CO)ccn3)c(CO)c2)c(C)c1. The largest absolute Gasteiger partial charge is 0.392 e. The van der Waals surface area contributed by atoms with Gasteiger partial charge in [0.2, 0.25) is 0 Å². The van der Waals surface area contributed by atoms with Crippen molar-refractivity contribution in [3.05, 3.63) is 76.5 Å². The Hall–Kier alpha value is -2.49. The van der Waals surface area contributed by atoms with Crippen molar-refractivity contribution in [2.45, 2.75) is 34.0 Å². The van der Waals surface area contributed by atoms with E-state index in [-0.39, 0.29) is 13.2 Å². The molecule has 0 spiro atoms. The van der Waals surface area contributed by atoms with Gasteiger partial charge in [0.25, 0.3) is 0 Å². The Morgan fingerprint density at radius 3 is 2.20 bits per heavy atom.